The summed E-state index contributed by atoms with van der Waals surface area (Å²) >= 11 is 0. The number of hydrogen-bond donors (Lipinski definition) is 0. The molecule has 2 rings (SSSR count). The molecule has 1 aromatic heterocycles. The quantitative estimate of drug-likeness (QED) is 0.628. The van der Waals surface area contributed by atoms with E-state index in [9.17, 15) is 0 Å². The summed E-state index contributed by atoms with van der Waals surface area (Å²) in [5.74, 6) is 0. The van der Waals surface area contributed by atoms with E-state index in [2.05, 4.69) is 56.9 Å². The van der Waals surface area contributed by atoms with E-state index in [0.717, 1.165) is 5.52 Å². The number of nitrogens with zero attached hydrogens (tertiary/aromatic N) is 1. The molecule has 0 unspecified atom stereocenters. The molecule has 0 aliphatic carbocycles. The first-order valence-corrected chi connectivity index (χ1v) is 5.35. The Morgan fingerprint density at radius 2 is 1.80 bits per heavy atom. The summed E-state index contributed by atoms with van der Waals surface area (Å²) in [7, 11) is 0. The van der Waals surface area contributed by atoms with E-state index in [1.165, 1.54) is 16.5 Å². The fourth-order valence-corrected chi connectivity index (χ4v) is 2.01. The highest BCUT2D eigenvalue weighted by Crippen LogP contribution is 2.30. The maximum atomic E-state index is 4.42. The van der Waals surface area contributed by atoms with Gasteiger partial charge in [0.25, 0.3) is 0 Å². The summed E-state index contributed by atoms with van der Waals surface area (Å²) in [4.78, 5) is 4.42. The zero-order chi connectivity index (χ0) is 11.1. The number of pyridine rings is 1. The molecule has 1 heterocycles. The highest BCUT2D eigenvalue weighted by Gasteiger charge is 2.17. The minimum atomic E-state index is 0.174. The number of rotatable bonds is 0. The number of fused-ring (bicyclic) bond motifs is 1. The summed E-state index contributed by atoms with van der Waals surface area (Å²) in [6.07, 6.45) is 1.91. The second-order valence-corrected chi connectivity index (χ2v) is 5.08. The highest BCUT2D eigenvalue weighted by atomic mass is 14.6. The van der Waals surface area contributed by atoms with Crippen LogP contribution in [0.5, 0.6) is 0 Å². The van der Waals surface area contributed by atoms with Gasteiger partial charge in [0, 0.05) is 11.6 Å². The lowest BCUT2D eigenvalue weighted by atomic mass is 9.84. The third-order valence-corrected chi connectivity index (χ3v) is 2.78. The largest absolute Gasteiger partial charge is 0.256 e. The Balaban J connectivity index is 2.86. The number of aryl methyl sites for hydroxylation is 1. The molecule has 0 fully saturated rings. The Bertz CT molecular complexity index is 487. The molecule has 0 saturated carbocycles. The van der Waals surface area contributed by atoms with E-state index in [1.54, 1.807) is 0 Å². The second-order valence-electron chi connectivity index (χ2n) is 5.08. The second kappa shape index (κ2) is 3.34. The molecule has 1 heteroatoms. The van der Waals surface area contributed by atoms with Crippen molar-refractivity contribution in [3.8, 4) is 0 Å². The zero-order valence-corrected chi connectivity index (χ0v) is 9.83. The van der Waals surface area contributed by atoms with Gasteiger partial charge in [-0.25, -0.2) is 0 Å². The predicted octanol–water partition coefficient (Wildman–Crippen LogP) is 3.84. The number of hydrogen-bond acceptors (Lipinski definition) is 1. The molecule has 0 N–H and O–H groups in total. The Kier molecular flexibility index (Phi) is 2.26. The van der Waals surface area contributed by atoms with Gasteiger partial charge in [-0.2, -0.15) is 0 Å². The van der Waals surface area contributed by atoms with Crippen LogP contribution in [0.1, 0.15) is 31.9 Å². The van der Waals surface area contributed by atoms with Crippen LogP contribution >= 0.6 is 0 Å². The van der Waals surface area contributed by atoms with Gasteiger partial charge in [0.1, 0.15) is 0 Å². The molecule has 1 nitrogen and oxygen atoms in total. The third-order valence-electron chi connectivity index (χ3n) is 2.78. The first kappa shape index (κ1) is 10.2. The van der Waals surface area contributed by atoms with Crippen molar-refractivity contribution in [1.82, 2.24) is 4.98 Å². The molecule has 1 aromatic carbocycles. The zero-order valence-electron chi connectivity index (χ0n) is 9.83. The molecule has 0 saturated heterocycles. The predicted molar refractivity (Wildman–Crippen MR) is 65.2 cm³/mol. The highest BCUT2D eigenvalue weighted by molar-refractivity contribution is 5.86. The van der Waals surface area contributed by atoms with Gasteiger partial charge in [0.05, 0.1) is 5.52 Å². The van der Waals surface area contributed by atoms with Crippen LogP contribution in [0.15, 0.2) is 30.5 Å². The van der Waals surface area contributed by atoms with Crippen molar-refractivity contribution in [2.24, 2.45) is 0 Å². The summed E-state index contributed by atoms with van der Waals surface area (Å²) in [5, 5.41) is 1.31. The number of aromatic nitrogens is 1. The molecule has 0 atom stereocenters. The Hall–Kier alpha value is -1.37. The van der Waals surface area contributed by atoms with Gasteiger partial charge in [-0.3, -0.25) is 4.98 Å². The van der Waals surface area contributed by atoms with E-state index in [1.807, 2.05) is 6.20 Å². The van der Waals surface area contributed by atoms with Crippen LogP contribution in [0.4, 0.5) is 0 Å². The minimum absolute atomic E-state index is 0.174. The lowest BCUT2D eigenvalue weighted by Crippen LogP contribution is -2.12. The maximum absolute atomic E-state index is 4.42. The molecule has 78 valence electrons. The van der Waals surface area contributed by atoms with Crippen LogP contribution in [-0.4, -0.2) is 4.98 Å². The van der Waals surface area contributed by atoms with E-state index in [0.29, 0.717) is 0 Å². The Morgan fingerprint density at radius 1 is 1.07 bits per heavy atom. The molecule has 15 heavy (non-hydrogen) atoms. The normalized spacial score (nSPS) is 12.0. The summed E-state index contributed by atoms with van der Waals surface area (Å²) in [5.41, 5.74) is 3.96. The van der Waals surface area contributed by atoms with Crippen molar-refractivity contribution in [2.45, 2.75) is 33.1 Å². The van der Waals surface area contributed by atoms with Crippen molar-refractivity contribution in [3.63, 3.8) is 0 Å². The van der Waals surface area contributed by atoms with E-state index in [-0.39, 0.29) is 5.41 Å². The van der Waals surface area contributed by atoms with Crippen molar-refractivity contribution in [1.29, 1.82) is 0 Å². The molecule has 0 amide bonds. The van der Waals surface area contributed by atoms with Crippen molar-refractivity contribution < 1.29 is 0 Å². The van der Waals surface area contributed by atoms with Gasteiger partial charge >= 0.3 is 0 Å². The van der Waals surface area contributed by atoms with Gasteiger partial charge in [0.2, 0.25) is 0 Å². The van der Waals surface area contributed by atoms with Crippen LogP contribution in [0.25, 0.3) is 10.9 Å². The Morgan fingerprint density at radius 3 is 2.47 bits per heavy atom. The average Bonchev–Trinajstić information content (AvgIpc) is 2.16. The maximum Gasteiger partial charge on any atom is 0.0707 e. The molecule has 0 aliphatic rings. The van der Waals surface area contributed by atoms with Crippen molar-refractivity contribution in [3.05, 3.63) is 41.6 Å². The lowest BCUT2D eigenvalue weighted by molar-refractivity contribution is 0.595. The molecular formula is C14H17N. The molecule has 0 spiro atoms. The van der Waals surface area contributed by atoms with E-state index in [4.69, 9.17) is 0 Å². The van der Waals surface area contributed by atoms with Crippen molar-refractivity contribution in [2.75, 3.05) is 0 Å². The minimum Gasteiger partial charge on any atom is -0.256 e. The van der Waals surface area contributed by atoms with Crippen LogP contribution in [-0.2, 0) is 5.41 Å². The summed E-state index contributed by atoms with van der Waals surface area (Å²) < 4.78 is 0. The topological polar surface area (TPSA) is 12.9 Å². The van der Waals surface area contributed by atoms with Crippen molar-refractivity contribution >= 4 is 10.9 Å². The van der Waals surface area contributed by atoms with Crippen LogP contribution < -0.4 is 0 Å². The van der Waals surface area contributed by atoms with Gasteiger partial charge < -0.3 is 0 Å². The van der Waals surface area contributed by atoms with Gasteiger partial charge in [-0.05, 0) is 35.6 Å². The van der Waals surface area contributed by atoms with Gasteiger partial charge in [-0.15, -0.1) is 0 Å². The van der Waals surface area contributed by atoms with Crippen LogP contribution in [0.3, 0.4) is 0 Å². The monoisotopic (exact) mass is 199 g/mol. The molecule has 0 aliphatic heterocycles. The third kappa shape index (κ3) is 1.74. The average molecular weight is 199 g/mol. The van der Waals surface area contributed by atoms with Gasteiger partial charge in [0.15, 0.2) is 0 Å². The fraction of sp³-hybridized carbons (Fsp3) is 0.357. The summed E-state index contributed by atoms with van der Waals surface area (Å²) in [6.45, 7) is 8.88. The first-order chi connectivity index (χ1) is 7.00. The first-order valence-electron chi connectivity index (χ1n) is 5.35. The fourth-order valence-electron chi connectivity index (χ4n) is 2.01. The molecule has 0 bridgehead atoms. The van der Waals surface area contributed by atoms with E-state index >= 15 is 0 Å². The smallest absolute Gasteiger partial charge is 0.0707 e. The molecule has 0 radical (unpaired) electrons. The summed E-state index contributed by atoms with van der Waals surface area (Å²) in [6, 6.07) is 8.43. The SMILES string of the molecule is Cc1cccc2nccc(C(C)(C)C)c12. The van der Waals surface area contributed by atoms with E-state index < -0.39 is 0 Å². The van der Waals surface area contributed by atoms with Crippen LogP contribution in [0.2, 0.25) is 0 Å². The Labute approximate surface area is 91.2 Å². The van der Waals surface area contributed by atoms with Crippen LogP contribution in [0, 0.1) is 6.92 Å². The number of benzene rings is 1. The standard InChI is InChI=1S/C14H17N/c1-10-6-5-7-12-13(10)11(8-9-15-12)14(2,3)4/h5-9H,1-4H3. The lowest BCUT2D eigenvalue weighted by Gasteiger charge is -2.21. The van der Waals surface area contributed by atoms with Gasteiger partial charge in [-0.1, -0.05) is 32.9 Å². The molecule has 2 aromatic rings. The molecular weight excluding hydrogens is 182 g/mol.